The van der Waals surface area contributed by atoms with E-state index in [9.17, 15) is 5.11 Å². The molecule has 1 saturated heterocycles. The molecule has 0 radical (unpaired) electrons. The summed E-state index contributed by atoms with van der Waals surface area (Å²) in [5.41, 5.74) is 1.59. The lowest BCUT2D eigenvalue weighted by Gasteiger charge is -2.40. The second kappa shape index (κ2) is 5.75. The molecule has 2 rings (SSSR count). The molecular weight excluding hydrogens is 222 g/mol. The average Bonchev–Trinajstić information content (AvgIpc) is 2.32. The Labute approximate surface area is 110 Å². The van der Waals surface area contributed by atoms with E-state index < -0.39 is 0 Å². The first kappa shape index (κ1) is 13.4. The van der Waals surface area contributed by atoms with Gasteiger partial charge < -0.3 is 10.4 Å². The molecule has 1 unspecified atom stereocenters. The minimum atomic E-state index is 0.267. The van der Waals surface area contributed by atoms with Gasteiger partial charge in [-0.1, -0.05) is 32.4 Å². The SMILES string of the molecule is CC(C)CC1(Cc2ccc(O)cc2)CCCCN1. The fraction of sp³-hybridized carbons (Fsp3) is 0.625. The van der Waals surface area contributed by atoms with Crippen LogP contribution < -0.4 is 5.32 Å². The lowest BCUT2D eigenvalue weighted by atomic mass is 9.77. The number of hydrogen-bond donors (Lipinski definition) is 2. The summed E-state index contributed by atoms with van der Waals surface area (Å²) >= 11 is 0. The summed E-state index contributed by atoms with van der Waals surface area (Å²) in [6, 6.07) is 7.68. The van der Waals surface area contributed by atoms with Gasteiger partial charge in [-0.15, -0.1) is 0 Å². The third-order valence-corrected chi connectivity index (χ3v) is 3.86. The highest BCUT2D eigenvalue weighted by Crippen LogP contribution is 2.30. The van der Waals surface area contributed by atoms with Crippen LogP contribution in [0.1, 0.15) is 45.1 Å². The second-order valence-corrected chi connectivity index (χ2v) is 6.11. The standard InChI is InChI=1S/C16H25NO/c1-13(2)11-16(9-3-4-10-17-16)12-14-5-7-15(18)8-6-14/h5-8,13,17-18H,3-4,9-12H2,1-2H3. The molecule has 0 aliphatic carbocycles. The van der Waals surface area contributed by atoms with Gasteiger partial charge in [0, 0.05) is 5.54 Å². The first-order chi connectivity index (χ1) is 8.60. The molecule has 0 amide bonds. The topological polar surface area (TPSA) is 32.3 Å². The summed E-state index contributed by atoms with van der Waals surface area (Å²) in [6.07, 6.45) is 6.21. The van der Waals surface area contributed by atoms with E-state index in [1.165, 1.54) is 31.2 Å². The molecule has 2 nitrogen and oxygen atoms in total. The molecule has 1 fully saturated rings. The third-order valence-electron chi connectivity index (χ3n) is 3.86. The molecule has 1 aromatic carbocycles. The monoisotopic (exact) mass is 247 g/mol. The van der Waals surface area contributed by atoms with Crippen molar-refractivity contribution in [1.82, 2.24) is 5.32 Å². The number of rotatable bonds is 4. The molecule has 2 N–H and O–H groups in total. The molecule has 0 bridgehead atoms. The molecule has 1 aliphatic rings. The van der Waals surface area contributed by atoms with Crippen LogP contribution in [0.3, 0.4) is 0 Å². The Morgan fingerprint density at radius 1 is 1.22 bits per heavy atom. The van der Waals surface area contributed by atoms with E-state index in [0.29, 0.717) is 11.7 Å². The number of phenols is 1. The lowest BCUT2D eigenvalue weighted by molar-refractivity contribution is 0.210. The van der Waals surface area contributed by atoms with E-state index in [0.717, 1.165) is 13.0 Å². The molecule has 1 atom stereocenters. The molecule has 2 heteroatoms. The molecule has 100 valence electrons. The molecule has 0 aromatic heterocycles. The molecule has 18 heavy (non-hydrogen) atoms. The maximum Gasteiger partial charge on any atom is 0.115 e. The van der Waals surface area contributed by atoms with Crippen molar-refractivity contribution in [2.45, 2.75) is 51.5 Å². The first-order valence-corrected chi connectivity index (χ1v) is 7.13. The van der Waals surface area contributed by atoms with Crippen LogP contribution in [0.15, 0.2) is 24.3 Å². The van der Waals surface area contributed by atoms with E-state index in [4.69, 9.17) is 0 Å². The molecular formula is C16H25NO. The Morgan fingerprint density at radius 2 is 1.94 bits per heavy atom. The molecule has 1 heterocycles. The van der Waals surface area contributed by atoms with Crippen LogP contribution in [-0.2, 0) is 6.42 Å². The summed E-state index contributed by atoms with van der Waals surface area (Å²) in [5, 5.41) is 13.1. The predicted octanol–water partition coefficient (Wildman–Crippen LogP) is 3.49. The molecule has 0 saturated carbocycles. The van der Waals surface area contributed by atoms with Crippen LogP contribution in [0.25, 0.3) is 0 Å². The van der Waals surface area contributed by atoms with Gasteiger partial charge in [-0.3, -0.25) is 0 Å². The number of aromatic hydroxyl groups is 1. The van der Waals surface area contributed by atoms with Crippen LogP contribution in [0.4, 0.5) is 0 Å². The summed E-state index contributed by atoms with van der Waals surface area (Å²) in [4.78, 5) is 0. The average molecular weight is 247 g/mol. The lowest BCUT2D eigenvalue weighted by Crippen LogP contribution is -2.51. The molecule has 1 aliphatic heterocycles. The summed E-state index contributed by atoms with van der Waals surface area (Å²) < 4.78 is 0. The highest BCUT2D eigenvalue weighted by Gasteiger charge is 2.32. The van der Waals surface area contributed by atoms with Crippen molar-refractivity contribution in [2.75, 3.05) is 6.54 Å². The zero-order valence-electron chi connectivity index (χ0n) is 11.6. The summed E-state index contributed by atoms with van der Waals surface area (Å²) in [7, 11) is 0. The number of piperidine rings is 1. The Balaban J connectivity index is 2.11. The quantitative estimate of drug-likeness (QED) is 0.853. The first-order valence-electron chi connectivity index (χ1n) is 7.13. The van der Waals surface area contributed by atoms with Crippen LogP contribution >= 0.6 is 0 Å². The number of nitrogens with one attached hydrogen (secondary N) is 1. The van der Waals surface area contributed by atoms with Crippen molar-refractivity contribution in [3.63, 3.8) is 0 Å². The van der Waals surface area contributed by atoms with E-state index in [1.54, 1.807) is 12.1 Å². The fourth-order valence-corrected chi connectivity index (χ4v) is 3.21. The number of hydrogen-bond acceptors (Lipinski definition) is 2. The minimum Gasteiger partial charge on any atom is -0.508 e. The van der Waals surface area contributed by atoms with Crippen molar-refractivity contribution in [3.8, 4) is 5.75 Å². The van der Waals surface area contributed by atoms with Gasteiger partial charge >= 0.3 is 0 Å². The van der Waals surface area contributed by atoms with Gasteiger partial charge in [0.2, 0.25) is 0 Å². The van der Waals surface area contributed by atoms with Gasteiger partial charge in [0.1, 0.15) is 5.75 Å². The smallest absolute Gasteiger partial charge is 0.115 e. The fourth-order valence-electron chi connectivity index (χ4n) is 3.21. The maximum absolute atomic E-state index is 9.36. The normalized spacial score (nSPS) is 24.4. The summed E-state index contributed by atoms with van der Waals surface area (Å²) in [5.74, 6) is 1.07. The number of phenolic OH excluding ortho intramolecular Hbond substituents is 1. The van der Waals surface area contributed by atoms with Crippen LogP contribution in [0.2, 0.25) is 0 Å². The van der Waals surface area contributed by atoms with Gasteiger partial charge in [-0.05, 0) is 55.8 Å². The molecule has 0 spiro atoms. The van der Waals surface area contributed by atoms with Crippen LogP contribution in [0, 0.1) is 5.92 Å². The van der Waals surface area contributed by atoms with E-state index in [2.05, 4.69) is 19.2 Å². The van der Waals surface area contributed by atoms with Gasteiger partial charge in [0.25, 0.3) is 0 Å². The van der Waals surface area contributed by atoms with Crippen LogP contribution in [0.5, 0.6) is 5.75 Å². The van der Waals surface area contributed by atoms with E-state index in [-0.39, 0.29) is 5.54 Å². The second-order valence-electron chi connectivity index (χ2n) is 6.11. The van der Waals surface area contributed by atoms with Gasteiger partial charge in [-0.25, -0.2) is 0 Å². The van der Waals surface area contributed by atoms with Crippen LogP contribution in [-0.4, -0.2) is 17.2 Å². The Hall–Kier alpha value is -1.02. The van der Waals surface area contributed by atoms with E-state index >= 15 is 0 Å². The van der Waals surface area contributed by atoms with Gasteiger partial charge in [-0.2, -0.15) is 0 Å². The van der Waals surface area contributed by atoms with Crippen molar-refractivity contribution in [3.05, 3.63) is 29.8 Å². The Morgan fingerprint density at radius 3 is 2.50 bits per heavy atom. The highest BCUT2D eigenvalue weighted by molar-refractivity contribution is 5.27. The van der Waals surface area contributed by atoms with Gasteiger partial charge in [0.05, 0.1) is 0 Å². The van der Waals surface area contributed by atoms with Crippen molar-refractivity contribution in [1.29, 1.82) is 0 Å². The van der Waals surface area contributed by atoms with E-state index in [1.807, 2.05) is 12.1 Å². The summed E-state index contributed by atoms with van der Waals surface area (Å²) in [6.45, 7) is 5.74. The zero-order chi connectivity index (χ0) is 13.0. The largest absolute Gasteiger partial charge is 0.508 e. The zero-order valence-corrected chi connectivity index (χ0v) is 11.6. The maximum atomic E-state index is 9.36. The minimum absolute atomic E-state index is 0.267. The molecule has 1 aromatic rings. The van der Waals surface area contributed by atoms with Crippen molar-refractivity contribution >= 4 is 0 Å². The van der Waals surface area contributed by atoms with Crippen molar-refractivity contribution in [2.24, 2.45) is 5.92 Å². The Kier molecular flexibility index (Phi) is 4.28. The van der Waals surface area contributed by atoms with Gasteiger partial charge in [0.15, 0.2) is 0 Å². The predicted molar refractivity (Wildman–Crippen MR) is 75.9 cm³/mol. The highest BCUT2D eigenvalue weighted by atomic mass is 16.3. The Bertz CT molecular complexity index is 363. The third kappa shape index (κ3) is 3.49. The van der Waals surface area contributed by atoms with Crippen molar-refractivity contribution < 1.29 is 5.11 Å². The number of benzene rings is 1.